The van der Waals surface area contributed by atoms with Gasteiger partial charge in [0, 0.05) is 0 Å². The molecule has 40 valence electrons. The summed E-state index contributed by atoms with van der Waals surface area (Å²) in [5.41, 5.74) is 0. The fraction of sp³-hybridized carbons (Fsp3) is 0. The molecule has 0 aromatic carbocycles. The molecule has 0 N–H and O–H groups in total. The fourth-order valence-electron chi connectivity index (χ4n) is 0.235. The Hall–Kier alpha value is 1.04. The topological polar surface area (TPSA) is 9.23 Å². The Labute approximate surface area is 65.4 Å². The molecule has 0 amide bonds. The average Bonchev–Trinajstić information content (AvgIpc) is 1.69. The van der Waals surface area contributed by atoms with E-state index < -0.39 is 43.1 Å². The average molecular weight is 312 g/mol. The second kappa shape index (κ2) is 7.04. The summed E-state index contributed by atoms with van der Waals surface area (Å²) in [5, 5.41) is 0. The van der Waals surface area contributed by atoms with Crippen molar-refractivity contribution in [2.24, 2.45) is 0 Å². The van der Waals surface area contributed by atoms with Gasteiger partial charge in [-0.3, -0.25) is 0 Å². The minimum atomic E-state index is -0.822. The fourth-order valence-corrected chi connectivity index (χ4v) is 10.6. The van der Waals surface area contributed by atoms with Crippen molar-refractivity contribution in [2.45, 2.75) is 0 Å². The van der Waals surface area contributed by atoms with E-state index in [1.54, 1.807) is 0 Å². The quantitative estimate of drug-likeness (QED) is 0.500. The zero-order valence-corrected chi connectivity index (χ0v) is 12.5. The zero-order chi connectivity index (χ0) is 5.54. The molecule has 7 heavy (non-hydrogen) atoms. The van der Waals surface area contributed by atoms with E-state index in [4.69, 9.17) is 1.41 Å². The van der Waals surface area contributed by atoms with Crippen LogP contribution in [0.15, 0.2) is 21.3 Å². The van der Waals surface area contributed by atoms with Crippen LogP contribution in [0.1, 0.15) is 0 Å². The van der Waals surface area contributed by atoms with Crippen LogP contribution in [0.4, 0.5) is 0 Å². The predicted molar refractivity (Wildman–Crippen MR) is 38.6 cm³/mol. The summed E-state index contributed by atoms with van der Waals surface area (Å²) in [6.45, 7) is 7.20. The van der Waals surface area contributed by atoms with Gasteiger partial charge in [-0.05, 0) is 0 Å². The van der Waals surface area contributed by atoms with E-state index in [1.165, 1.54) is 0 Å². The molecule has 0 aromatic rings. The van der Waals surface area contributed by atoms with Crippen molar-refractivity contribution in [3.8, 4) is 0 Å². The van der Waals surface area contributed by atoms with Crippen LogP contribution in [0.3, 0.4) is 0 Å². The second-order valence-corrected chi connectivity index (χ2v) is 15.3. The number of hydrogen-bond acceptors (Lipinski definition) is 1. The number of hydrogen-bond donors (Lipinski definition) is 0. The molecule has 0 unspecified atom stereocenters. The predicted octanol–water partition coefficient (Wildman–Crippen LogP) is -0.542. The Bertz CT molecular complexity index is 54.7. The minimum absolute atomic E-state index is 0.822. The molecule has 0 fully saturated rings. The van der Waals surface area contributed by atoms with Crippen LogP contribution in [0.5, 0.6) is 0 Å². The number of rotatable bonds is 4. The molecule has 0 rings (SSSR count). The zero-order valence-electron chi connectivity index (χ0n) is 4.39. The summed E-state index contributed by atoms with van der Waals surface area (Å²) in [7, 11) is 0. The monoisotopic (exact) mass is 314 g/mol. The molecular weight excluding hydrogens is 301 g/mol. The molecule has 0 radical (unpaired) electrons. The van der Waals surface area contributed by atoms with E-state index in [9.17, 15) is 0 Å². The van der Waals surface area contributed by atoms with Gasteiger partial charge >= 0.3 is 65.9 Å². The van der Waals surface area contributed by atoms with Crippen LogP contribution in [0.25, 0.3) is 0 Å². The molecule has 0 aromatic heterocycles. The maximum atomic E-state index is 5.32. The van der Waals surface area contributed by atoms with E-state index >= 15 is 0 Å². The van der Waals surface area contributed by atoms with E-state index in [0.29, 0.717) is 0 Å². The van der Waals surface area contributed by atoms with Crippen LogP contribution >= 0.6 is 0 Å². The van der Waals surface area contributed by atoms with Crippen LogP contribution in [-0.4, -0.2) is 43.1 Å². The molecule has 0 aliphatic rings. The Morgan fingerprint density at radius 1 is 1.14 bits per heavy atom. The maximum absolute atomic E-state index is 5.32. The molecular formula is C4H10OSn2. The molecule has 0 spiro atoms. The Morgan fingerprint density at radius 2 is 1.57 bits per heavy atom. The van der Waals surface area contributed by atoms with Crippen molar-refractivity contribution in [3.63, 3.8) is 0 Å². The van der Waals surface area contributed by atoms with Gasteiger partial charge in [-0.2, -0.15) is 0 Å². The summed E-state index contributed by atoms with van der Waals surface area (Å²) in [4.78, 5) is 0. The first-order valence-electron chi connectivity index (χ1n) is 2.21. The molecule has 0 aliphatic heterocycles. The van der Waals surface area contributed by atoms with E-state index in [2.05, 4.69) is 13.2 Å². The van der Waals surface area contributed by atoms with Gasteiger partial charge < -0.3 is 0 Å². The first kappa shape index (κ1) is 8.04. The molecule has 1 nitrogen and oxygen atoms in total. The van der Waals surface area contributed by atoms with Crippen molar-refractivity contribution in [3.05, 3.63) is 21.3 Å². The van der Waals surface area contributed by atoms with Gasteiger partial charge in [0.1, 0.15) is 0 Å². The molecule has 0 atom stereocenters. The third-order valence-corrected chi connectivity index (χ3v) is 12.2. The summed E-state index contributed by atoms with van der Waals surface area (Å²) in [6.07, 6.45) is 0. The summed E-state index contributed by atoms with van der Waals surface area (Å²) in [5.74, 6) is 0. The van der Waals surface area contributed by atoms with Crippen LogP contribution in [0.2, 0.25) is 0 Å². The summed E-state index contributed by atoms with van der Waals surface area (Å²) < 4.78 is 9.26. The first-order chi connectivity index (χ1) is 3.41. The summed E-state index contributed by atoms with van der Waals surface area (Å²) in [6, 6.07) is 0. The molecule has 0 saturated carbocycles. The van der Waals surface area contributed by atoms with Crippen molar-refractivity contribution in [1.82, 2.24) is 0 Å². The van der Waals surface area contributed by atoms with Gasteiger partial charge in [-0.25, -0.2) is 0 Å². The SMILES string of the molecule is C=[CH][SnH2][O][SnH2][CH]=C. The molecule has 0 aliphatic carbocycles. The Balaban J connectivity index is 2.68. The third-order valence-electron chi connectivity index (χ3n) is 0.471. The van der Waals surface area contributed by atoms with Gasteiger partial charge in [0.05, 0.1) is 0 Å². The third kappa shape index (κ3) is 7.04. The van der Waals surface area contributed by atoms with Crippen molar-refractivity contribution < 1.29 is 1.41 Å². The van der Waals surface area contributed by atoms with Gasteiger partial charge in [0.25, 0.3) is 0 Å². The van der Waals surface area contributed by atoms with E-state index in [-0.39, 0.29) is 0 Å². The van der Waals surface area contributed by atoms with Gasteiger partial charge in [0.15, 0.2) is 0 Å². The van der Waals surface area contributed by atoms with Crippen molar-refractivity contribution in [2.75, 3.05) is 0 Å². The van der Waals surface area contributed by atoms with Gasteiger partial charge in [0.2, 0.25) is 0 Å². The van der Waals surface area contributed by atoms with Crippen LogP contribution < -0.4 is 0 Å². The summed E-state index contributed by atoms with van der Waals surface area (Å²) >= 11 is -1.64. The second-order valence-electron chi connectivity index (χ2n) is 1.11. The first-order valence-corrected chi connectivity index (χ1v) is 10.2. The van der Waals surface area contributed by atoms with Crippen molar-refractivity contribution in [1.29, 1.82) is 0 Å². The Morgan fingerprint density at radius 3 is 1.86 bits per heavy atom. The van der Waals surface area contributed by atoms with E-state index in [0.717, 1.165) is 0 Å². The Kier molecular flexibility index (Phi) is 8.08. The van der Waals surface area contributed by atoms with Crippen molar-refractivity contribution >= 4 is 43.1 Å². The molecule has 0 heterocycles. The van der Waals surface area contributed by atoms with E-state index in [1.807, 2.05) is 8.18 Å². The molecule has 3 heteroatoms. The molecule has 0 bridgehead atoms. The normalized spacial score (nSPS) is 11.4. The standard InChI is InChI=1S/2C2H3.O.2Sn.4H/c2*1-2;;;;;;;/h2*1H,2H2;;;;;;;. The van der Waals surface area contributed by atoms with Gasteiger partial charge in [-0.15, -0.1) is 0 Å². The van der Waals surface area contributed by atoms with Crippen LogP contribution in [0, 0.1) is 0 Å². The molecule has 0 saturated heterocycles. The van der Waals surface area contributed by atoms with Gasteiger partial charge in [-0.1, -0.05) is 0 Å². The van der Waals surface area contributed by atoms with Crippen LogP contribution in [-0.2, 0) is 1.41 Å².